The van der Waals surface area contributed by atoms with Gasteiger partial charge in [0, 0.05) is 76.0 Å². The van der Waals surface area contributed by atoms with Crippen LogP contribution in [0, 0.1) is 0 Å². The number of nitrogens with zero attached hydrogens (tertiary/aromatic N) is 5. The summed E-state index contributed by atoms with van der Waals surface area (Å²) in [5.74, 6) is 0.664. The van der Waals surface area contributed by atoms with Crippen LogP contribution in [0.15, 0.2) is 36.8 Å². The number of rotatable bonds is 5. The van der Waals surface area contributed by atoms with E-state index in [0.29, 0.717) is 31.0 Å². The average molecular weight is 479 g/mol. The molecule has 2 aromatic heterocycles. The van der Waals surface area contributed by atoms with E-state index in [4.69, 9.17) is 9.47 Å². The first kappa shape index (κ1) is 22.3. The number of nitrogens with one attached hydrogen (secondary N) is 1. The van der Waals surface area contributed by atoms with Crippen LogP contribution in [0.25, 0.3) is 5.65 Å². The maximum absolute atomic E-state index is 13.3. The smallest absolute Gasteiger partial charge is 0.261 e. The number of carbonyl (C=O) groups excluding carboxylic acids is 1. The number of amides is 1. The fourth-order valence-electron chi connectivity index (χ4n) is 5.41. The number of morpholine rings is 1. The number of fused-ring (bicyclic) bond motifs is 2. The first-order valence-corrected chi connectivity index (χ1v) is 12.3. The summed E-state index contributed by atoms with van der Waals surface area (Å²) in [7, 11) is 0. The highest BCUT2D eigenvalue weighted by molar-refractivity contribution is 6.09. The quantitative estimate of drug-likeness (QED) is 0.570. The number of likely N-dealkylation sites (tertiary alicyclic amines) is 1. The molecule has 1 amide bonds. The fraction of sp³-hybridized carbons (Fsp3) is 0.480. The van der Waals surface area contributed by atoms with Crippen LogP contribution < -0.4 is 15.0 Å². The molecule has 0 atom stereocenters. The molecule has 1 spiro atoms. The van der Waals surface area contributed by atoms with Crippen LogP contribution in [-0.4, -0.2) is 88.7 Å². The minimum atomic E-state index is -0.237. The Morgan fingerprint density at radius 3 is 2.80 bits per heavy atom. The van der Waals surface area contributed by atoms with Crippen molar-refractivity contribution >= 4 is 22.9 Å². The van der Waals surface area contributed by atoms with Crippen molar-refractivity contribution in [3.8, 4) is 5.75 Å². The number of β-amino-alcohol motifs (C(OH)–C–C–N with tert-alkyl or cyclic N) is 1. The number of aromatic nitrogens is 3. The highest BCUT2D eigenvalue weighted by Crippen LogP contribution is 2.45. The Bertz CT molecular complexity index is 1230. The van der Waals surface area contributed by atoms with Crippen LogP contribution in [0.5, 0.6) is 5.75 Å². The number of anilines is 2. The van der Waals surface area contributed by atoms with E-state index in [9.17, 15) is 9.90 Å². The number of hydrogen-bond donors (Lipinski definition) is 2. The topological polar surface area (TPSA) is 104 Å². The molecule has 5 heterocycles. The third kappa shape index (κ3) is 4.22. The molecular formula is C25H30N6O4. The molecule has 0 aliphatic carbocycles. The van der Waals surface area contributed by atoms with Gasteiger partial charge in [0.1, 0.15) is 16.9 Å². The molecule has 6 rings (SSSR count). The van der Waals surface area contributed by atoms with E-state index in [1.807, 2.05) is 0 Å². The summed E-state index contributed by atoms with van der Waals surface area (Å²) in [5.41, 5.74) is 3.57. The summed E-state index contributed by atoms with van der Waals surface area (Å²) < 4.78 is 13.8. The van der Waals surface area contributed by atoms with E-state index in [2.05, 4.69) is 37.3 Å². The van der Waals surface area contributed by atoms with Gasteiger partial charge in [0.2, 0.25) is 0 Å². The van der Waals surface area contributed by atoms with Crippen molar-refractivity contribution in [1.29, 1.82) is 0 Å². The summed E-state index contributed by atoms with van der Waals surface area (Å²) >= 11 is 0. The Labute approximate surface area is 203 Å². The molecule has 3 aliphatic rings. The minimum absolute atomic E-state index is 0.183. The molecule has 2 fully saturated rings. The number of carbonyl (C=O) groups is 1. The molecule has 2 N–H and O–H groups in total. The third-order valence-corrected chi connectivity index (χ3v) is 7.33. The standard InChI is InChI=1S/C25H30N6O4/c32-11-8-29-6-2-25(3-7-29)16-18-14-20(21(15-22(18)35-25)30-9-12-34-13-10-30)28-24(33)19-17-27-31-5-1-4-26-23(19)31/h1,4-5,14-15,17,32H,2-3,6-13,16H2,(H,28,33). The SMILES string of the molecule is O=C(Nc1cc2c(cc1N1CCOCC1)OC1(CCN(CCO)CC1)C2)c1cnn2cccnc12. The van der Waals surface area contributed by atoms with Crippen LogP contribution in [0.2, 0.25) is 0 Å². The maximum Gasteiger partial charge on any atom is 0.261 e. The van der Waals surface area contributed by atoms with E-state index in [1.54, 1.807) is 29.2 Å². The van der Waals surface area contributed by atoms with Crippen molar-refractivity contribution in [2.75, 3.05) is 62.8 Å². The number of aliphatic hydroxyl groups excluding tert-OH is 1. The van der Waals surface area contributed by atoms with Gasteiger partial charge in [-0.25, -0.2) is 9.50 Å². The molecule has 0 unspecified atom stereocenters. The number of piperidine rings is 1. The molecule has 3 aliphatic heterocycles. The maximum atomic E-state index is 13.3. The number of ether oxygens (including phenoxy) is 2. The number of aliphatic hydroxyl groups is 1. The van der Waals surface area contributed by atoms with Crippen LogP contribution in [-0.2, 0) is 11.2 Å². The lowest BCUT2D eigenvalue weighted by Crippen LogP contribution is -2.47. The van der Waals surface area contributed by atoms with E-state index in [1.165, 1.54) is 0 Å². The molecule has 0 bridgehead atoms. The van der Waals surface area contributed by atoms with Crippen LogP contribution >= 0.6 is 0 Å². The number of hydrogen-bond acceptors (Lipinski definition) is 8. The average Bonchev–Trinajstić information content (AvgIpc) is 3.47. The Hall–Kier alpha value is -3.21. The highest BCUT2D eigenvalue weighted by Gasteiger charge is 2.42. The zero-order valence-electron chi connectivity index (χ0n) is 19.7. The van der Waals surface area contributed by atoms with E-state index in [-0.39, 0.29) is 18.1 Å². The number of benzene rings is 1. The predicted octanol–water partition coefficient (Wildman–Crippen LogP) is 1.58. The summed E-state index contributed by atoms with van der Waals surface area (Å²) in [6.45, 7) is 5.51. The molecule has 2 saturated heterocycles. The van der Waals surface area contributed by atoms with Gasteiger partial charge in [0.15, 0.2) is 5.65 Å². The van der Waals surface area contributed by atoms with Crippen molar-refractivity contribution in [1.82, 2.24) is 19.5 Å². The summed E-state index contributed by atoms with van der Waals surface area (Å²) in [4.78, 5) is 22.2. The Morgan fingerprint density at radius 1 is 1.17 bits per heavy atom. The summed E-state index contributed by atoms with van der Waals surface area (Å²) in [6, 6.07) is 5.94. The van der Waals surface area contributed by atoms with E-state index >= 15 is 0 Å². The van der Waals surface area contributed by atoms with Gasteiger partial charge in [-0.1, -0.05) is 0 Å². The lowest BCUT2D eigenvalue weighted by atomic mass is 9.87. The van der Waals surface area contributed by atoms with Crippen molar-refractivity contribution in [3.63, 3.8) is 0 Å². The van der Waals surface area contributed by atoms with Gasteiger partial charge in [0.25, 0.3) is 5.91 Å². The largest absolute Gasteiger partial charge is 0.486 e. The first-order valence-electron chi connectivity index (χ1n) is 12.3. The van der Waals surface area contributed by atoms with Gasteiger partial charge in [-0.2, -0.15) is 5.10 Å². The van der Waals surface area contributed by atoms with Gasteiger partial charge in [-0.05, 0) is 12.1 Å². The fourth-order valence-corrected chi connectivity index (χ4v) is 5.41. The molecule has 0 saturated carbocycles. The Morgan fingerprint density at radius 2 is 2.00 bits per heavy atom. The van der Waals surface area contributed by atoms with Crippen molar-refractivity contribution in [2.24, 2.45) is 0 Å². The molecular weight excluding hydrogens is 448 g/mol. The second kappa shape index (κ2) is 9.10. The summed E-state index contributed by atoms with van der Waals surface area (Å²) in [6.07, 6.45) is 7.65. The van der Waals surface area contributed by atoms with Gasteiger partial charge < -0.3 is 29.7 Å². The molecule has 0 radical (unpaired) electrons. The van der Waals surface area contributed by atoms with Gasteiger partial charge >= 0.3 is 0 Å². The predicted molar refractivity (Wildman–Crippen MR) is 130 cm³/mol. The van der Waals surface area contributed by atoms with Crippen LogP contribution in [0.1, 0.15) is 28.8 Å². The molecule has 1 aromatic carbocycles. The molecule has 35 heavy (non-hydrogen) atoms. The Kier molecular flexibility index (Phi) is 5.79. The molecule has 184 valence electrons. The minimum Gasteiger partial charge on any atom is -0.486 e. The van der Waals surface area contributed by atoms with E-state index in [0.717, 1.165) is 68.1 Å². The molecule has 10 nitrogen and oxygen atoms in total. The molecule has 3 aromatic rings. The second-order valence-corrected chi connectivity index (χ2v) is 9.50. The third-order valence-electron chi connectivity index (χ3n) is 7.33. The second-order valence-electron chi connectivity index (χ2n) is 9.50. The summed E-state index contributed by atoms with van der Waals surface area (Å²) in [5, 5.41) is 16.7. The van der Waals surface area contributed by atoms with Crippen LogP contribution in [0.4, 0.5) is 11.4 Å². The Balaban J connectivity index is 1.29. The van der Waals surface area contributed by atoms with Crippen LogP contribution in [0.3, 0.4) is 0 Å². The zero-order chi connectivity index (χ0) is 23.8. The van der Waals surface area contributed by atoms with E-state index < -0.39 is 0 Å². The normalized spacial score (nSPS) is 19.6. The highest BCUT2D eigenvalue weighted by atomic mass is 16.5. The first-order chi connectivity index (χ1) is 17.1. The lowest BCUT2D eigenvalue weighted by Gasteiger charge is -2.38. The van der Waals surface area contributed by atoms with Gasteiger partial charge in [-0.15, -0.1) is 0 Å². The monoisotopic (exact) mass is 478 g/mol. The van der Waals surface area contributed by atoms with Crippen molar-refractivity contribution in [3.05, 3.63) is 47.9 Å². The van der Waals surface area contributed by atoms with Crippen molar-refractivity contribution < 1.29 is 19.4 Å². The van der Waals surface area contributed by atoms with Gasteiger partial charge in [-0.3, -0.25) is 4.79 Å². The van der Waals surface area contributed by atoms with Crippen molar-refractivity contribution in [2.45, 2.75) is 24.9 Å². The van der Waals surface area contributed by atoms with Gasteiger partial charge in [0.05, 0.1) is 37.4 Å². The zero-order valence-corrected chi connectivity index (χ0v) is 19.7. The lowest BCUT2D eigenvalue weighted by molar-refractivity contribution is 0.0151. The molecule has 10 heteroatoms.